The zero-order valence-electron chi connectivity index (χ0n) is 15.9. The van der Waals surface area contributed by atoms with Crippen LogP contribution in [0, 0.1) is 0 Å². The summed E-state index contributed by atoms with van der Waals surface area (Å²) in [6, 6.07) is 13.9. The fourth-order valence-corrected chi connectivity index (χ4v) is 2.39. The lowest BCUT2D eigenvalue weighted by atomic mass is 10.2. The fraction of sp³-hybridized carbons (Fsp3) is 0.211. The summed E-state index contributed by atoms with van der Waals surface area (Å²) < 4.78 is 15.0. The van der Waals surface area contributed by atoms with E-state index in [1.165, 1.54) is 19.0 Å². The smallest absolute Gasteiger partial charge is 0.343 e. The Morgan fingerprint density at radius 3 is 2.55 bits per heavy atom. The lowest BCUT2D eigenvalue weighted by Gasteiger charge is -2.09. The number of carbonyl (C=O) groups is 2. The summed E-state index contributed by atoms with van der Waals surface area (Å²) >= 11 is 0. The third-order valence-electron chi connectivity index (χ3n) is 3.82. The summed E-state index contributed by atoms with van der Waals surface area (Å²) in [5, 5.41) is 14.8. The molecule has 0 aliphatic rings. The van der Waals surface area contributed by atoms with E-state index < -0.39 is 5.97 Å². The number of rotatable bonds is 8. The van der Waals surface area contributed by atoms with Gasteiger partial charge in [-0.3, -0.25) is 4.79 Å². The number of aromatic nitrogens is 4. The van der Waals surface area contributed by atoms with Crippen LogP contribution >= 0.6 is 0 Å². The van der Waals surface area contributed by atoms with Crippen molar-refractivity contribution >= 4 is 17.6 Å². The number of anilines is 1. The minimum Gasteiger partial charge on any atom is -0.495 e. The van der Waals surface area contributed by atoms with E-state index in [0.29, 0.717) is 28.6 Å². The fourth-order valence-electron chi connectivity index (χ4n) is 2.39. The topological polar surface area (TPSA) is 117 Å². The minimum absolute atomic E-state index is 0.106. The van der Waals surface area contributed by atoms with Crippen molar-refractivity contribution in [2.24, 2.45) is 0 Å². The SMILES string of the molecule is COC(=O)COc1ccc(-c2nnn(CC(=O)Nc3ccccc3OC)n2)cc1. The van der Waals surface area contributed by atoms with Crippen LogP contribution in [0.4, 0.5) is 5.69 Å². The zero-order chi connectivity index (χ0) is 20.6. The van der Waals surface area contributed by atoms with Crippen LogP contribution in [0.5, 0.6) is 11.5 Å². The molecule has 0 unspecified atom stereocenters. The van der Waals surface area contributed by atoms with Gasteiger partial charge in [0, 0.05) is 5.56 Å². The molecule has 3 rings (SSSR count). The largest absolute Gasteiger partial charge is 0.495 e. The third kappa shape index (κ3) is 5.28. The monoisotopic (exact) mass is 397 g/mol. The molecule has 0 aliphatic heterocycles. The van der Waals surface area contributed by atoms with Crippen molar-refractivity contribution in [3.8, 4) is 22.9 Å². The van der Waals surface area contributed by atoms with Gasteiger partial charge >= 0.3 is 5.97 Å². The lowest BCUT2D eigenvalue weighted by Crippen LogP contribution is -2.20. The Labute approximate surface area is 166 Å². The molecule has 0 saturated carbocycles. The number of nitrogens with one attached hydrogen (secondary N) is 1. The van der Waals surface area contributed by atoms with Gasteiger partial charge in [0.1, 0.15) is 18.0 Å². The van der Waals surface area contributed by atoms with Crippen LogP contribution in [-0.4, -0.2) is 52.9 Å². The summed E-state index contributed by atoms with van der Waals surface area (Å²) in [6.45, 7) is -0.281. The van der Waals surface area contributed by atoms with E-state index in [1.54, 1.807) is 42.5 Å². The summed E-state index contributed by atoms with van der Waals surface area (Å²) in [7, 11) is 2.82. The summed E-state index contributed by atoms with van der Waals surface area (Å²) in [4.78, 5) is 24.5. The quantitative estimate of drug-likeness (QED) is 0.569. The average Bonchev–Trinajstić information content (AvgIpc) is 3.21. The van der Waals surface area contributed by atoms with E-state index in [0.717, 1.165) is 0 Å². The molecule has 10 heteroatoms. The summed E-state index contributed by atoms with van der Waals surface area (Å²) in [6.07, 6.45) is 0. The maximum atomic E-state index is 12.2. The second-order valence-corrected chi connectivity index (χ2v) is 5.78. The van der Waals surface area contributed by atoms with Gasteiger partial charge in [-0.15, -0.1) is 10.2 Å². The average molecular weight is 397 g/mol. The lowest BCUT2D eigenvalue weighted by molar-refractivity contribution is -0.142. The van der Waals surface area contributed by atoms with Gasteiger partial charge < -0.3 is 19.5 Å². The molecule has 1 N–H and O–H groups in total. The number of tetrazole rings is 1. The van der Waals surface area contributed by atoms with Crippen LogP contribution < -0.4 is 14.8 Å². The number of benzene rings is 2. The van der Waals surface area contributed by atoms with Gasteiger partial charge in [0.25, 0.3) is 0 Å². The molecule has 0 spiro atoms. The Morgan fingerprint density at radius 2 is 1.83 bits per heavy atom. The zero-order valence-corrected chi connectivity index (χ0v) is 15.9. The molecular formula is C19H19N5O5. The Balaban J connectivity index is 1.60. The molecule has 150 valence electrons. The van der Waals surface area contributed by atoms with Crippen molar-refractivity contribution in [3.05, 3.63) is 48.5 Å². The van der Waals surface area contributed by atoms with E-state index in [4.69, 9.17) is 9.47 Å². The molecule has 1 amide bonds. The summed E-state index contributed by atoms with van der Waals surface area (Å²) in [5.41, 5.74) is 1.25. The molecule has 0 atom stereocenters. The third-order valence-corrected chi connectivity index (χ3v) is 3.82. The number of nitrogens with zero attached hydrogens (tertiary/aromatic N) is 4. The minimum atomic E-state index is -0.468. The molecule has 3 aromatic rings. The maximum absolute atomic E-state index is 12.2. The normalized spacial score (nSPS) is 10.3. The standard InChI is InChI=1S/C19H19N5O5/c1-27-16-6-4-3-5-15(16)20-17(25)11-24-22-19(21-23-24)13-7-9-14(10-8-13)29-12-18(26)28-2/h3-10H,11-12H2,1-2H3,(H,20,25). The van der Waals surface area contributed by atoms with Crippen molar-refractivity contribution in [1.29, 1.82) is 0 Å². The Morgan fingerprint density at radius 1 is 1.07 bits per heavy atom. The van der Waals surface area contributed by atoms with Gasteiger partial charge in [-0.05, 0) is 41.6 Å². The highest BCUT2D eigenvalue weighted by molar-refractivity contribution is 5.92. The van der Waals surface area contributed by atoms with Gasteiger partial charge in [-0.1, -0.05) is 12.1 Å². The van der Waals surface area contributed by atoms with Crippen molar-refractivity contribution < 1.29 is 23.8 Å². The molecular weight excluding hydrogens is 378 g/mol. The highest BCUT2D eigenvalue weighted by atomic mass is 16.6. The van der Waals surface area contributed by atoms with Crippen LogP contribution in [0.1, 0.15) is 0 Å². The van der Waals surface area contributed by atoms with Crippen LogP contribution in [0.25, 0.3) is 11.4 Å². The van der Waals surface area contributed by atoms with Crippen molar-refractivity contribution in [1.82, 2.24) is 20.2 Å². The van der Waals surface area contributed by atoms with Gasteiger partial charge in [0.15, 0.2) is 6.61 Å². The number of carbonyl (C=O) groups excluding carboxylic acids is 2. The number of hydrogen-bond acceptors (Lipinski definition) is 8. The highest BCUT2D eigenvalue weighted by Crippen LogP contribution is 2.23. The van der Waals surface area contributed by atoms with Crippen LogP contribution in [0.2, 0.25) is 0 Å². The van der Waals surface area contributed by atoms with E-state index in [2.05, 4.69) is 25.5 Å². The van der Waals surface area contributed by atoms with E-state index in [-0.39, 0.29) is 19.1 Å². The van der Waals surface area contributed by atoms with Gasteiger partial charge in [-0.2, -0.15) is 4.80 Å². The van der Waals surface area contributed by atoms with Crippen molar-refractivity contribution in [2.45, 2.75) is 6.54 Å². The van der Waals surface area contributed by atoms with Crippen LogP contribution in [0.3, 0.4) is 0 Å². The maximum Gasteiger partial charge on any atom is 0.343 e. The molecule has 0 radical (unpaired) electrons. The van der Waals surface area contributed by atoms with E-state index in [1.807, 2.05) is 6.07 Å². The molecule has 0 bridgehead atoms. The molecule has 1 aromatic heterocycles. The molecule has 10 nitrogen and oxygen atoms in total. The Hall–Kier alpha value is -3.95. The first-order chi connectivity index (χ1) is 14.1. The first kappa shape index (κ1) is 19.8. The van der Waals surface area contributed by atoms with Gasteiger partial charge in [-0.25, -0.2) is 4.79 Å². The summed E-state index contributed by atoms with van der Waals surface area (Å²) in [5.74, 6) is 0.634. The first-order valence-corrected chi connectivity index (χ1v) is 8.60. The number of ether oxygens (including phenoxy) is 3. The number of methoxy groups -OCH3 is 2. The molecule has 0 saturated heterocycles. The van der Waals surface area contributed by atoms with Crippen LogP contribution in [0.15, 0.2) is 48.5 Å². The second kappa shape index (κ2) is 9.31. The van der Waals surface area contributed by atoms with Crippen LogP contribution in [-0.2, 0) is 20.9 Å². The van der Waals surface area contributed by atoms with Gasteiger partial charge in [0.05, 0.1) is 19.9 Å². The number of para-hydroxylation sites is 2. The molecule has 29 heavy (non-hydrogen) atoms. The highest BCUT2D eigenvalue weighted by Gasteiger charge is 2.12. The molecule has 2 aromatic carbocycles. The predicted octanol–water partition coefficient (Wildman–Crippen LogP) is 1.54. The Bertz CT molecular complexity index is 987. The molecule has 0 fully saturated rings. The molecule has 1 heterocycles. The predicted molar refractivity (Wildman–Crippen MR) is 102 cm³/mol. The van der Waals surface area contributed by atoms with Gasteiger partial charge in [0.2, 0.25) is 11.7 Å². The Kier molecular flexibility index (Phi) is 6.36. The first-order valence-electron chi connectivity index (χ1n) is 8.60. The van der Waals surface area contributed by atoms with Crippen molar-refractivity contribution in [2.75, 3.05) is 26.1 Å². The van der Waals surface area contributed by atoms with E-state index >= 15 is 0 Å². The van der Waals surface area contributed by atoms with Crippen molar-refractivity contribution in [3.63, 3.8) is 0 Å². The second-order valence-electron chi connectivity index (χ2n) is 5.78. The number of amides is 1. The van der Waals surface area contributed by atoms with E-state index in [9.17, 15) is 9.59 Å². The number of hydrogen-bond donors (Lipinski definition) is 1. The number of esters is 1. The molecule has 0 aliphatic carbocycles.